The molecule has 2 aromatic carbocycles. The molecule has 1 atom stereocenters. The second-order valence-electron chi connectivity index (χ2n) is 11.3. The SMILES string of the molecule is CC(Cc1ccccc1)c1cc(C(C)(C)C)cc(C(C)(C)C)c1C(C)(C)C. The Labute approximate surface area is 168 Å². The third kappa shape index (κ3) is 5.24. The molecule has 0 spiro atoms. The van der Waals surface area contributed by atoms with Crippen LogP contribution in [0, 0.1) is 0 Å². The Balaban J connectivity index is 2.72. The van der Waals surface area contributed by atoms with Gasteiger partial charge >= 0.3 is 0 Å². The van der Waals surface area contributed by atoms with E-state index in [0.717, 1.165) is 6.42 Å². The molecule has 0 fully saturated rings. The molecule has 0 aliphatic carbocycles. The van der Waals surface area contributed by atoms with E-state index < -0.39 is 0 Å². The Kier molecular flexibility index (Phi) is 6.00. The van der Waals surface area contributed by atoms with Crippen molar-refractivity contribution in [3.8, 4) is 0 Å². The van der Waals surface area contributed by atoms with Gasteiger partial charge in [0.15, 0.2) is 0 Å². The summed E-state index contributed by atoms with van der Waals surface area (Å²) >= 11 is 0. The van der Waals surface area contributed by atoms with E-state index in [1.54, 1.807) is 5.56 Å². The molecule has 0 aliphatic rings. The van der Waals surface area contributed by atoms with Gasteiger partial charge < -0.3 is 0 Å². The molecule has 0 amide bonds. The Morgan fingerprint density at radius 1 is 0.704 bits per heavy atom. The molecule has 27 heavy (non-hydrogen) atoms. The van der Waals surface area contributed by atoms with Crippen molar-refractivity contribution in [2.24, 2.45) is 0 Å². The largest absolute Gasteiger partial charge is 0.0622 e. The number of benzene rings is 2. The topological polar surface area (TPSA) is 0 Å². The highest BCUT2D eigenvalue weighted by Gasteiger charge is 2.31. The van der Waals surface area contributed by atoms with E-state index in [9.17, 15) is 0 Å². The van der Waals surface area contributed by atoms with Crippen LogP contribution >= 0.6 is 0 Å². The first-order valence-corrected chi connectivity index (χ1v) is 10.4. The van der Waals surface area contributed by atoms with Crippen molar-refractivity contribution in [2.75, 3.05) is 0 Å². The maximum atomic E-state index is 2.50. The maximum absolute atomic E-state index is 2.50. The van der Waals surface area contributed by atoms with E-state index in [2.05, 4.69) is 112 Å². The highest BCUT2D eigenvalue weighted by Crippen LogP contribution is 2.42. The third-order valence-corrected chi connectivity index (χ3v) is 5.51. The quantitative estimate of drug-likeness (QED) is 0.518. The lowest BCUT2D eigenvalue weighted by Crippen LogP contribution is -2.27. The van der Waals surface area contributed by atoms with E-state index in [-0.39, 0.29) is 16.2 Å². The number of hydrogen-bond acceptors (Lipinski definition) is 0. The molecule has 0 saturated heterocycles. The molecule has 2 aromatic rings. The predicted molar refractivity (Wildman–Crippen MR) is 121 cm³/mol. The summed E-state index contributed by atoms with van der Waals surface area (Å²) < 4.78 is 0. The zero-order valence-corrected chi connectivity index (χ0v) is 19.3. The van der Waals surface area contributed by atoms with Gasteiger partial charge in [-0.2, -0.15) is 0 Å². The van der Waals surface area contributed by atoms with Crippen molar-refractivity contribution in [1.82, 2.24) is 0 Å². The Morgan fingerprint density at radius 3 is 1.70 bits per heavy atom. The Bertz CT molecular complexity index is 759. The molecule has 0 aromatic heterocycles. The first-order chi connectivity index (χ1) is 12.2. The number of hydrogen-bond donors (Lipinski definition) is 0. The van der Waals surface area contributed by atoms with E-state index in [4.69, 9.17) is 0 Å². The van der Waals surface area contributed by atoms with E-state index in [0.29, 0.717) is 5.92 Å². The van der Waals surface area contributed by atoms with Crippen LogP contribution in [0.25, 0.3) is 0 Å². The van der Waals surface area contributed by atoms with Crippen molar-refractivity contribution in [3.63, 3.8) is 0 Å². The average molecular weight is 365 g/mol. The standard InChI is InChI=1S/C27H40/c1-19(16-20-14-12-11-13-15-20)22-17-21(25(2,3)4)18-23(26(5,6)7)24(22)27(8,9)10/h11-15,17-19H,16H2,1-10H3. The molecule has 0 aliphatic heterocycles. The molecule has 0 heterocycles. The summed E-state index contributed by atoms with van der Waals surface area (Å²) in [5.41, 5.74) is 7.87. The van der Waals surface area contributed by atoms with Crippen LogP contribution < -0.4 is 0 Å². The monoisotopic (exact) mass is 364 g/mol. The van der Waals surface area contributed by atoms with Gasteiger partial charge in [0.2, 0.25) is 0 Å². The van der Waals surface area contributed by atoms with Crippen molar-refractivity contribution in [1.29, 1.82) is 0 Å². The van der Waals surface area contributed by atoms with Crippen LogP contribution in [0.5, 0.6) is 0 Å². The van der Waals surface area contributed by atoms with Gasteiger partial charge in [0, 0.05) is 0 Å². The van der Waals surface area contributed by atoms with Crippen LogP contribution in [0.4, 0.5) is 0 Å². The van der Waals surface area contributed by atoms with Gasteiger partial charge in [-0.25, -0.2) is 0 Å². The van der Waals surface area contributed by atoms with Crippen LogP contribution in [-0.4, -0.2) is 0 Å². The fourth-order valence-corrected chi connectivity index (χ4v) is 3.99. The highest BCUT2D eigenvalue weighted by atomic mass is 14.4. The molecular weight excluding hydrogens is 324 g/mol. The van der Waals surface area contributed by atoms with Gasteiger partial charge in [-0.1, -0.05) is 112 Å². The van der Waals surface area contributed by atoms with Gasteiger partial charge in [-0.3, -0.25) is 0 Å². The second kappa shape index (κ2) is 7.46. The summed E-state index contributed by atoms with van der Waals surface area (Å²) in [5, 5.41) is 0. The van der Waals surface area contributed by atoms with Crippen molar-refractivity contribution in [2.45, 2.75) is 97.8 Å². The van der Waals surface area contributed by atoms with Gasteiger partial charge in [0.25, 0.3) is 0 Å². The summed E-state index contributed by atoms with van der Waals surface area (Å²) in [6.07, 6.45) is 1.08. The minimum Gasteiger partial charge on any atom is -0.0622 e. The summed E-state index contributed by atoms with van der Waals surface area (Å²) in [6.45, 7) is 23.6. The van der Waals surface area contributed by atoms with E-state index in [1.165, 1.54) is 22.3 Å². The third-order valence-electron chi connectivity index (χ3n) is 5.51. The van der Waals surface area contributed by atoms with Crippen LogP contribution in [0.15, 0.2) is 42.5 Å². The van der Waals surface area contributed by atoms with Gasteiger partial charge in [-0.05, 0) is 56.4 Å². The fraction of sp³-hybridized carbons (Fsp3) is 0.556. The summed E-state index contributed by atoms with van der Waals surface area (Å²) in [6, 6.07) is 15.9. The normalized spacial score (nSPS) is 14.3. The minimum atomic E-state index is 0.124. The number of rotatable bonds is 3. The summed E-state index contributed by atoms with van der Waals surface area (Å²) in [7, 11) is 0. The lowest BCUT2D eigenvalue weighted by molar-refractivity contribution is 0.511. The molecule has 2 rings (SSSR count). The summed E-state index contributed by atoms with van der Waals surface area (Å²) in [4.78, 5) is 0. The van der Waals surface area contributed by atoms with Crippen molar-refractivity contribution >= 4 is 0 Å². The first-order valence-electron chi connectivity index (χ1n) is 10.4. The lowest BCUT2D eigenvalue weighted by Gasteiger charge is -2.36. The van der Waals surface area contributed by atoms with Crippen LogP contribution in [-0.2, 0) is 22.7 Å². The van der Waals surface area contributed by atoms with Crippen LogP contribution in [0.1, 0.15) is 103 Å². The van der Waals surface area contributed by atoms with Crippen molar-refractivity contribution < 1.29 is 0 Å². The molecule has 0 bridgehead atoms. The first kappa shape index (κ1) is 21.7. The van der Waals surface area contributed by atoms with Gasteiger partial charge in [0.1, 0.15) is 0 Å². The van der Waals surface area contributed by atoms with E-state index >= 15 is 0 Å². The van der Waals surface area contributed by atoms with Crippen LogP contribution in [0.2, 0.25) is 0 Å². The van der Waals surface area contributed by atoms with Gasteiger partial charge in [0.05, 0.1) is 0 Å². The zero-order valence-electron chi connectivity index (χ0n) is 19.3. The maximum Gasteiger partial charge on any atom is -0.0126 e. The van der Waals surface area contributed by atoms with E-state index in [1.807, 2.05) is 0 Å². The molecule has 0 radical (unpaired) electrons. The zero-order chi connectivity index (χ0) is 20.6. The molecule has 0 saturated carbocycles. The molecule has 148 valence electrons. The molecule has 1 unspecified atom stereocenters. The highest BCUT2D eigenvalue weighted by molar-refractivity contribution is 5.49. The lowest BCUT2D eigenvalue weighted by atomic mass is 9.68. The molecule has 0 nitrogen and oxygen atoms in total. The predicted octanol–water partition coefficient (Wildman–Crippen LogP) is 7.93. The molecule has 0 N–H and O–H groups in total. The molecular formula is C27H40. The minimum absolute atomic E-state index is 0.124. The average Bonchev–Trinajstić information content (AvgIpc) is 2.52. The summed E-state index contributed by atoms with van der Waals surface area (Å²) in [5.74, 6) is 0.491. The van der Waals surface area contributed by atoms with Crippen LogP contribution in [0.3, 0.4) is 0 Å². The molecule has 0 heteroatoms. The Hall–Kier alpha value is -1.56. The fourth-order valence-electron chi connectivity index (χ4n) is 3.99. The van der Waals surface area contributed by atoms with Crippen molar-refractivity contribution in [3.05, 3.63) is 70.3 Å². The van der Waals surface area contributed by atoms with Gasteiger partial charge in [-0.15, -0.1) is 0 Å². The Morgan fingerprint density at radius 2 is 1.26 bits per heavy atom. The smallest absolute Gasteiger partial charge is 0.0126 e. The second-order valence-corrected chi connectivity index (χ2v) is 11.3.